The quantitative estimate of drug-likeness (QED) is 0.212. The van der Waals surface area contributed by atoms with Gasteiger partial charge < -0.3 is 9.73 Å². The van der Waals surface area contributed by atoms with Crippen LogP contribution >= 0.6 is 0 Å². The van der Waals surface area contributed by atoms with Gasteiger partial charge >= 0.3 is 0 Å². The van der Waals surface area contributed by atoms with Gasteiger partial charge in [0.15, 0.2) is 17.5 Å². The molecule has 2 aromatic heterocycles. The van der Waals surface area contributed by atoms with E-state index in [1.54, 1.807) is 0 Å². The van der Waals surface area contributed by atoms with Crippen LogP contribution in [0.4, 0.5) is 5.69 Å². The van der Waals surface area contributed by atoms with E-state index < -0.39 is 0 Å². The molecule has 8 aromatic rings. The zero-order chi connectivity index (χ0) is 31.2. The minimum atomic E-state index is 0.596. The van der Waals surface area contributed by atoms with E-state index in [1.165, 1.54) is 11.1 Å². The topological polar surface area (TPSA) is 63.8 Å². The van der Waals surface area contributed by atoms with E-state index in [1.807, 2.05) is 66.7 Å². The van der Waals surface area contributed by atoms with Crippen molar-refractivity contribution in [2.75, 3.05) is 11.9 Å². The number of anilines is 1. The van der Waals surface area contributed by atoms with Gasteiger partial charge in [-0.2, -0.15) is 0 Å². The molecule has 0 saturated carbocycles. The second kappa shape index (κ2) is 11.2. The van der Waals surface area contributed by atoms with E-state index in [9.17, 15) is 0 Å². The fraction of sp³-hybridized carbons (Fsp3) is 0.0238. The minimum absolute atomic E-state index is 0.596. The molecule has 1 N–H and O–H groups in total. The Morgan fingerprint density at radius 3 is 1.68 bits per heavy atom. The Kier molecular flexibility index (Phi) is 6.46. The van der Waals surface area contributed by atoms with Gasteiger partial charge in [0, 0.05) is 45.3 Å². The van der Waals surface area contributed by atoms with Gasteiger partial charge in [0.2, 0.25) is 0 Å². The van der Waals surface area contributed by atoms with Crippen molar-refractivity contribution in [2.45, 2.75) is 0 Å². The summed E-state index contributed by atoms with van der Waals surface area (Å²) in [6, 6.07) is 47.9. The molecular weight excluding hydrogens is 576 g/mol. The average Bonchev–Trinajstić information content (AvgIpc) is 3.51. The summed E-state index contributed by atoms with van der Waals surface area (Å²) in [4.78, 5) is 15.2. The first-order valence-corrected chi connectivity index (χ1v) is 15.7. The Morgan fingerprint density at radius 1 is 0.489 bits per heavy atom. The normalized spacial score (nSPS) is 12.3. The number of hydrogen-bond donors (Lipinski definition) is 1. The Bertz CT molecular complexity index is 2370. The van der Waals surface area contributed by atoms with Crippen molar-refractivity contribution < 1.29 is 4.42 Å². The Balaban J connectivity index is 1.30. The van der Waals surface area contributed by atoms with E-state index in [2.05, 4.69) is 90.3 Å². The molecule has 5 nitrogen and oxygen atoms in total. The predicted octanol–water partition coefficient (Wildman–Crippen LogP) is 10.5. The molecule has 0 aliphatic carbocycles. The van der Waals surface area contributed by atoms with Crippen LogP contribution in [-0.2, 0) is 0 Å². The SMILES string of the molecule is C1=Cc2cc3oc4cc(-c5ccc(-c6ccccc6)cc5)cc(-c5nc(-c6ccccc6)nc(-c6ccccc6)n5)c4c3cc2NC1. The molecule has 0 radical (unpaired) electrons. The van der Waals surface area contributed by atoms with E-state index in [-0.39, 0.29) is 0 Å². The monoisotopic (exact) mass is 604 g/mol. The van der Waals surface area contributed by atoms with Crippen LogP contribution < -0.4 is 5.32 Å². The molecule has 0 unspecified atom stereocenters. The smallest absolute Gasteiger partial charge is 0.164 e. The third kappa shape index (κ3) is 4.95. The van der Waals surface area contributed by atoms with Crippen molar-refractivity contribution in [2.24, 2.45) is 0 Å². The standard InChI is InChI=1S/C42H28N4O/c1-4-11-27(12-5-1)28-18-20-29(21-19-28)33-23-35(39-34-26-36-32(17-10-22-43-36)24-37(34)47-38(39)25-33)42-45-40(30-13-6-2-7-14-30)44-41(46-42)31-15-8-3-9-16-31/h1-21,23-26,43H,22H2. The van der Waals surface area contributed by atoms with E-state index in [4.69, 9.17) is 19.4 Å². The highest BCUT2D eigenvalue weighted by Gasteiger charge is 2.21. The van der Waals surface area contributed by atoms with Crippen molar-refractivity contribution in [3.63, 3.8) is 0 Å². The lowest BCUT2D eigenvalue weighted by Gasteiger charge is -2.13. The number of nitrogens with one attached hydrogen (secondary N) is 1. The van der Waals surface area contributed by atoms with Crippen molar-refractivity contribution >= 4 is 33.7 Å². The van der Waals surface area contributed by atoms with Crippen LogP contribution in [0.5, 0.6) is 0 Å². The fourth-order valence-corrected chi connectivity index (χ4v) is 6.37. The maximum Gasteiger partial charge on any atom is 0.164 e. The van der Waals surface area contributed by atoms with Gasteiger partial charge in [0.1, 0.15) is 11.2 Å². The maximum absolute atomic E-state index is 6.63. The van der Waals surface area contributed by atoms with Crippen LogP contribution in [0, 0.1) is 0 Å². The molecule has 47 heavy (non-hydrogen) atoms. The molecule has 0 amide bonds. The summed E-state index contributed by atoms with van der Waals surface area (Å²) in [6.07, 6.45) is 4.27. The van der Waals surface area contributed by atoms with E-state index in [0.717, 1.165) is 67.6 Å². The summed E-state index contributed by atoms with van der Waals surface area (Å²) in [5.41, 5.74) is 11.0. The van der Waals surface area contributed by atoms with Crippen LogP contribution in [0.3, 0.4) is 0 Å². The highest BCUT2D eigenvalue weighted by atomic mass is 16.3. The highest BCUT2D eigenvalue weighted by molar-refractivity contribution is 6.14. The van der Waals surface area contributed by atoms with Gasteiger partial charge in [0.25, 0.3) is 0 Å². The van der Waals surface area contributed by atoms with Crippen LogP contribution in [-0.4, -0.2) is 21.5 Å². The van der Waals surface area contributed by atoms with Crippen LogP contribution in [0.1, 0.15) is 5.56 Å². The van der Waals surface area contributed by atoms with Gasteiger partial charge in [-0.1, -0.05) is 127 Å². The number of benzene rings is 6. The maximum atomic E-state index is 6.63. The van der Waals surface area contributed by atoms with Crippen LogP contribution in [0.15, 0.2) is 150 Å². The van der Waals surface area contributed by atoms with Gasteiger partial charge in [-0.25, -0.2) is 15.0 Å². The van der Waals surface area contributed by atoms with Crippen molar-refractivity contribution in [1.29, 1.82) is 0 Å². The molecule has 222 valence electrons. The largest absolute Gasteiger partial charge is 0.456 e. The van der Waals surface area contributed by atoms with Crippen molar-refractivity contribution in [3.8, 4) is 56.4 Å². The number of hydrogen-bond acceptors (Lipinski definition) is 5. The zero-order valence-electron chi connectivity index (χ0n) is 25.4. The van der Waals surface area contributed by atoms with Gasteiger partial charge in [-0.15, -0.1) is 0 Å². The third-order valence-corrected chi connectivity index (χ3v) is 8.72. The first-order valence-electron chi connectivity index (χ1n) is 15.7. The molecule has 0 atom stereocenters. The fourth-order valence-electron chi connectivity index (χ4n) is 6.37. The predicted molar refractivity (Wildman–Crippen MR) is 192 cm³/mol. The van der Waals surface area contributed by atoms with Gasteiger partial charge in [-0.3, -0.25) is 0 Å². The second-order valence-corrected chi connectivity index (χ2v) is 11.7. The summed E-state index contributed by atoms with van der Waals surface area (Å²) >= 11 is 0. The van der Waals surface area contributed by atoms with E-state index in [0.29, 0.717) is 17.5 Å². The molecule has 0 bridgehead atoms. The Labute approximate surface area is 271 Å². The van der Waals surface area contributed by atoms with E-state index >= 15 is 0 Å². The summed E-state index contributed by atoms with van der Waals surface area (Å²) in [6.45, 7) is 0.790. The molecular formula is C42H28N4O. The lowest BCUT2D eigenvalue weighted by Crippen LogP contribution is -2.03. The number of nitrogens with zero attached hydrogens (tertiary/aromatic N) is 3. The van der Waals surface area contributed by atoms with Crippen molar-refractivity contribution in [1.82, 2.24) is 15.0 Å². The molecule has 9 rings (SSSR count). The number of furan rings is 1. The molecule has 1 aliphatic rings. The van der Waals surface area contributed by atoms with Crippen LogP contribution in [0.2, 0.25) is 0 Å². The number of aromatic nitrogens is 3. The first-order chi connectivity index (χ1) is 23.3. The second-order valence-electron chi connectivity index (χ2n) is 11.7. The molecule has 0 fully saturated rings. The molecule has 3 heterocycles. The minimum Gasteiger partial charge on any atom is -0.456 e. The van der Waals surface area contributed by atoms with Gasteiger partial charge in [-0.05, 0) is 46.5 Å². The zero-order valence-corrected chi connectivity index (χ0v) is 25.4. The summed E-state index contributed by atoms with van der Waals surface area (Å²) in [5.74, 6) is 1.84. The molecule has 6 aromatic carbocycles. The van der Waals surface area contributed by atoms with Crippen LogP contribution in [0.25, 0.3) is 84.4 Å². The molecule has 0 saturated heterocycles. The summed E-state index contributed by atoms with van der Waals surface area (Å²) in [5, 5.41) is 5.51. The third-order valence-electron chi connectivity index (χ3n) is 8.72. The first kappa shape index (κ1) is 27.0. The lowest BCUT2D eigenvalue weighted by molar-refractivity contribution is 0.669. The Morgan fingerprint density at radius 2 is 1.04 bits per heavy atom. The highest BCUT2D eigenvalue weighted by Crippen LogP contribution is 2.42. The molecule has 5 heteroatoms. The Hall–Kier alpha value is -6.33. The number of rotatable bonds is 5. The molecule has 0 spiro atoms. The summed E-state index contributed by atoms with van der Waals surface area (Å²) in [7, 11) is 0. The lowest BCUT2D eigenvalue weighted by atomic mass is 9.96. The average molecular weight is 605 g/mol. The number of fused-ring (bicyclic) bond motifs is 4. The summed E-state index contributed by atoms with van der Waals surface area (Å²) < 4.78 is 6.63. The van der Waals surface area contributed by atoms with Crippen molar-refractivity contribution in [3.05, 3.63) is 151 Å². The van der Waals surface area contributed by atoms with Gasteiger partial charge in [0.05, 0.1) is 0 Å². The molecule has 1 aliphatic heterocycles.